The van der Waals surface area contributed by atoms with Gasteiger partial charge in [0.2, 0.25) is 11.8 Å². The zero-order valence-corrected chi connectivity index (χ0v) is 16.4. The largest absolute Gasteiger partial charge is 0.355 e. The average Bonchev–Trinajstić information content (AvgIpc) is 3.34. The third-order valence-corrected chi connectivity index (χ3v) is 5.59. The number of carbonyl (C=O) groups is 2. The Labute approximate surface area is 166 Å². The molecule has 1 fully saturated rings. The summed E-state index contributed by atoms with van der Waals surface area (Å²) in [6.45, 7) is 3.16. The molecule has 0 unspecified atom stereocenters. The van der Waals surface area contributed by atoms with Crippen LogP contribution in [0, 0.1) is 11.6 Å². The molecule has 1 saturated carbocycles. The van der Waals surface area contributed by atoms with Crippen molar-refractivity contribution in [3.8, 4) is 0 Å². The van der Waals surface area contributed by atoms with Crippen LogP contribution in [-0.4, -0.2) is 40.1 Å². The fourth-order valence-electron chi connectivity index (χ4n) is 3.89. The smallest absolute Gasteiger partial charge is 0.240 e. The van der Waals surface area contributed by atoms with E-state index in [2.05, 4.69) is 20.5 Å². The van der Waals surface area contributed by atoms with E-state index in [-0.39, 0.29) is 23.7 Å². The standard InChI is InChI=1S/C20H23F2N5O2/c1-20(2)16-17(22)12(11-5-6-11)8-13(21)18(16)27(19(20)29)9-15(28)23-7-3-4-14-24-10-25-26-14/h8,10-11H,3-7,9H2,1-2H3,(H,23,28)(H,24,25,26). The molecule has 1 aromatic carbocycles. The van der Waals surface area contributed by atoms with Gasteiger partial charge in [-0.2, -0.15) is 5.10 Å². The van der Waals surface area contributed by atoms with Gasteiger partial charge in [0.15, 0.2) is 0 Å². The monoisotopic (exact) mass is 403 g/mol. The van der Waals surface area contributed by atoms with Crippen LogP contribution in [0.25, 0.3) is 0 Å². The van der Waals surface area contributed by atoms with E-state index in [1.807, 2.05) is 0 Å². The van der Waals surface area contributed by atoms with Crippen molar-refractivity contribution < 1.29 is 18.4 Å². The number of H-pyrrole nitrogens is 1. The lowest BCUT2D eigenvalue weighted by Crippen LogP contribution is -2.43. The maximum Gasteiger partial charge on any atom is 0.240 e. The second-order valence-electron chi connectivity index (χ2n) is 8.16. The van der Waals surface area contributed by atoms with Crippen LogP contribution in [0.5, 0.6) is 0 Å². The van der Waals surface area contributed by atoms with E-state index in [4.69, 9.17) is 0 Å². The Hall–Kier alpha value is -2.84. The zero-order valence-electron chi connectivity index (χ0n) is 16.4. The van der Waals surface area contributed by atoms with Crippen molar-refractivity contribution in [2.45, 2.75) is 50.9 Å². The topological polar surface area (TPSA) is 91.0 Å². The van der Waals surface area contributed by atoms with Crippen LogP contribution in [-0.2, 0) is 21.4 Å². The quantitative estimate of drug-likeness (QED) is 0.695. The number of anilines is 1. The highest BCUT2D eigenvalue weighted by molar-refractivity contribution is 6.10. The Morgan fingerprint density at radius 1 is 1.38 bits per heavy atom. The normalized spacial score (nSPS) is 17.5. The molecule has 7 nitrogen and oxygen atoms in total. The van der Waals surface area contributed by atoms with Crippen LogP contribution in [0.3, 0.4) is 0 Å². The van der Waals surface area contributed by atoms with Crippen molar-refractivity contribution >= 4 is 17.5 Å². The molecule has 1 aliphatic carbocycles. The van der Waals surface area contributed by atoms with Crippen LogP contribution in [0.1, 0.15) is 56.0 Å². The van der Waals surface area contributed by atoms with E-state index in [9.17, 15) is 14.0 Å². The van der Waals surface area contributed by atoms with Gasteiger partial charge in [-0.15, -0.1) is 0 Å². The van der Waals surface area contributed by atoms with E-state index in [0.29, 0.717) is 30.8 Å². The second kappa shape index (κ2) is 7.20. The fraction of sp³-hybridized carbons (Fsp3) is 0.500. The molecule has 9 heteroatoms. The lowest BCUT2D eigenvalue weighted by Gasteiger charge is -2.20. The molecule has 2 aromatic rings. The minimum Gasteiger partial charge on any atom is -0.355 e. The summed E-state index contributed by atoms with van der Waals surface area (Å²) in [5, 5.41) is 9.20. The van der Waals surface area contributed by atoms with Gasteiger partial charge in [-0.1, -0.05) is 0 Å². The van der Waals surface area contributed by atoms with Gasteiger partial charge in [0.25, 0.3) is 0 Å². The summed E-state index contributed by atoms with van der Waals surface area (Å²) in [5.41, 5.74) is -0.945. The number of aryl methyl sites for hydroxylation is 1. The number of nitrogens with one attached hydrogen (secondary N) is 2. The first-order chi connectivity index (χ1) is 13.8. The lowest BCUT2D eigenvalue weighted by atomic mass is 9.84. The van der Waals surface area contributed by atoms with E-state index < -0.39 is 28.9 Å². The van der Waals surface area contributed by atoms with Crippen molar-refractivity contribution in [3.63, 3.8) is 0 Å². The van der Waals surface area contributed by atoms with Crippen LogP contribution >= 0.6 is 0 Å². The Bertz CT molecular complexity index is 954. The number of aromatic nitrogens is 3. The van der Waals surface area contributed by atoms with E-state index in [0.717, 1.165) is 17.7 Å². The molecule has 4 rings (SSSR count). The Morgan fingerprint density at radius 3 is 2.79 bits per heavy atom. The van der Waals surface area contributed by atoms with E-state index in [1.165, 1.54) is 12.4 Å². The first kappa shape index (κ1) is 19.5. The highest BCUT2D eigenvalue weighted by atomic mass is 19.1. The number of rotatable bonds is 7. The third-order valence-electron chi connectivity index (χ3n) is 5.59. The van der Waals surface area contributed by atoms with Gasteiger partial charge in [0.1, 0.15) is 30.3 Å². The van der Waals surface area contributed by atoms with Gasteiger partial charge in [0, 0.05) is 18.5 Å². The minimum absolute atomic E-state index is 0.0161. The van der Waals surface area contributed by atoms with Crippen LogP contribution in [0.2, 0.25) is 0 Å². The van der Waals surface area contributed by atoms with Crippen molar-refractivity contribution in [3.05, 3.63) is 41.0 Å². The summed E-state index contributed by atoms with van der Waals surface area (Å²) in [7, 11) is 0. The molecule has 1 aromatic heterocycles. The molecular formula is C20H23F2N5O2. The molecule has 2 N–H and O–H groups in total. The number of carbonyl (C=O) groups excluding carboxylic acids is 2. The molecule has 29 heavy (non-hydrogen) atoms. The molecule has 0 bridgehead atoms. The van der Waals surface area contributed by atoms with Crippen LogP contribution in [0.4, 0.5) is 14.5 Å². The number of hydrogen-bond donors (Lipinski definition) is 2. The number of benzene rings is 1. The Balaban J connectivity index is 1.48. The van der Waals surface area contributed by atoms with Gasteiger partial charge in [0.05, 0.1) is 11.1 Å². The van der Waals surface area contributed by atoms with E-state index >= 15 is 4.39 Å². The Morgan fingerprint density at radius 2 is 2.14 bits per heavy atom. The lowest BCUT2D eigenvalue weighted by molar-refractivity contribution is -0.125. The van der Waals surface area contributed by atoms with Crippen LogP contribution < -0.4 is 10.2 Å². The Kier molecular flexibility index (Phi) is 4.84. The van der Waals surface area contributed by atoms with Crippen molar-refractivity contribution in [1.82, 2.24) is 20.5 Å². The summed E-state index contributed by atoms with van der Waals surface area (Å²) < 4.78 is 30.0. The molecule has 2 heterocycles. The number of hydrogen-bond acceptors (Lipinski definition) is 4. The number of fused-ring (bicyclic) bond motifs is 1. The van der Waals surface area contributed by atoms with Crippen molar-refractivity contribution in [2.75, 3.05) is 18.0 Å². The highest BCUT2D eigenvalue weighted by Gasteiger charge is 2.49. The molecule has 2 aliphatic rings. The average molecular weight is 403 g/mol. The van der Waals surface area contributed by atoms with Gasteiger partial charge in [-0.25, -0.2) is 13.8 Å². The molecule has 154 valence electrons. The van der Waals surface area contributed by atoms with Crippen molar-refractivity contribution in [2.24, 2.45) is 0 Å². The molecule has 0 saturated heterocycles. The summed E-state index contributed by atoms with van der Waals surface area (Å²) in [4.78, 5) is 30.3. The highest BCUT2D eigenvalue weighted by Crippen LogP contribution is 2.50. The molecular weight excluding hydrogens is 380 g/mol. The first-order valence-corrected chi connectivity index (χ1v) is 9.76. The number of amides is 2. The minimum atomic E-state index is -1.22. The summed E-state index contributed by atoms with van der Waals surface area (Å²) >= 11 is 0. The molecule has 0 atom stereocenters. The number of aromatic amines is 1. The van der Waals surface area contributed by atoms with Gasteiger partial charge >= 0.3 is 0 Å². The zero-order chi connectivity index (χ0) is 20.8. The third kappa shape index (κ3) is 3.49. The SMILES string of the molecule is CC1(C)C(=O)N(CC(=O)NCCCc2ncn[nH]2)c2c(F)cc(C3CC3)c(F)c21. The van der Waals surface area contributed by atoms with Gasteiger partial charge in [-0.05, 0) is 50.7 Å². The van der Waals surface area contributed by atoms with Crippen LogP contribution in [0.15, 0.2) is 12.4 Å². The predicted molar refractivity (Wildman–Crippen MR) is 101 cm³/mol. The number of halogens is 2. The number of nitrogens with zero attached hydrogens (tertiary/aromatic N) is 3. The summed E-state index contributed by atoms with van der Waals surface area (Å²) in [5.74, 6) is -1.34. The maximum absolute atomic E-state index is 15.1. The van der Waals surface area contributed by atoms with Crippen molar-refractivity contribution in [1.29, 1.82) is 0 Å². The summed E-state index contributed by atoms with van der Waals surface area (Å²) in [6, 6.07) is 1.18. The second-order valence-corrected chi connectivity index (χ2v) is 8.16. The molecule has 0 radical (unpaired) electrons. The van der Waals surface area contributed by atoms with Gasteiger partial charge in [-0.3, -0.25) is 19.6 Å². The van der Waals surface area contributed by atoms with E-state index in [1.54, 1.807) is 13.8 Å². The maximum atomic E-state index is 15.1. The first-order valence-electron chi connectivity index (χ1n) is 9.76. The molecule has 1 aliphatic heterocycles. The summed E-state index contributed by atoms with van der Waals surface area (Å²) in [6.07, 6.45) is 4.30. The predicted octanol–water partition coefficient (Wildman–Crippen LogP) is 2.33. The van der Waals surface area contributed by atoms with Gasteiger partial charge < -0.3 is 5.32 Å². The molecule has 0 spiro atoms. The fourth-order valence-corrected chi connectivity index (χ4v) is 3.89. The molecule has 2 amide bonds.